The molecule has 0 amide bonds. The maximum Gasteiger partial charge on any atom is 3.00 e. The molecule has 0 spiro atoms. The second kappa shape index (κ2) is 11.5. The number of carbonyl (C=O) groups is 1. The van der Waals surface area contributed by atoms with Gasteiger partial charge in [0, 0.05) is 0 Å². The summed E-state index contributed by atoms with van der Waals surface area (Å²) in [6.07, 6.45) is 12.2. The van der Waals surface area contributed by atoms with Gasteiger partial charge >= 0.3 is 27.7 Å². The molecular formula is C23H31O2Ti. The zero-order chi connectivity index (χ0) is 16.2. The van der Waals surface area contributed by atoms with Crippen LogP contribution in [0, 0.1) is 27.2 Å². The average molecular weight is 387 g/mol. The van der Waals surface area contributed by atoms with Crippen LogP contribution in [-0.2, 0) is 21.7 Å². The van der Waals surface area contributed by atoms with E-state index in [1.807, 2.05) is 0 Å². The monoisotopic (exact) mass is 387 g/mol. The average Bonchev–Trinajstić information content (AvgIpc) is 2.90. The first kappa shape index (κ1) is 24.8. The Hall–Kier alpha value is -1.25. The number of carboxylic acid groups (broad SMARTS) is 1. The quantitative estimate of drug-likeness (QED) is 0.443. The molecule has 1 N–H and O–H groups in total. The van der Waals surface area contributed by atoms with Gasteiger partial charge in [-0.05, 0) is 37.3 Å². The van der Waals surface area contributed by atoms with Gasteiger partial charge in [0.1, 0.15) is 0 Å². The molecule has 0 saturated heterocycles. The van der Waals surface area contributed by atoms with Gasteiger partial charge < -0.3 is 20.0 Å². The minimum Gasteiger partial charge on any atom is -0.478 e. The van der Waals surface area contributed by atoms with Gasteiger partial charge in [0.15, 0.2) is 0 Å². The van der Waals surface area contributed by atoms with E-state index in [1.54, 1.807) is 52.6 Å². The summed E-state index contributed by atoms with van der Waals surface area (Å²) in [4.78, 5) is 10.2. The first-order valence-electron chi connectivity index (χ1n) is 8.75. The molecular weight excluding hydrogens is 356 g/mol. The molecule has 0 aliphatic heterocycles. The van der Waals surface area contributed by atoms with Gasteiger partial charge in [-0.15, -0.1) is 12.0 Å². The van der Waals surface area contributed by atoms with E-state index in [2.05, 4.69) is 13.3 Å². The molecule has 0 saturated carbocycles. The molecule has 0 fully saturated rings. The van der Waals surface area contributed by atoms with Crippen molar-refractivity contribution in [3.05, 3.63) is 79.5 Å². The van der Waals surface area contributed by atoms with Crippen LogP contribution in [-0.4, -0.2) is 11.1 Å². The van der Waals surface area contributed by atoms with E-state index >= 15 is 0 Å². The number of carboxylic acids is 1. The number of aromatic carboxylic acids is 1. The van der Waals surface area contributed by atoms with Crippen LogP contribution in [0.2, 0.25) is 0 Å². The third kappa shape index (κ3) is 5.38. The third-order valence-electron chi connectivity index (χ3n) is 5.23. The van der Waals surface area contributed by atoms with Gasteiger partial charge in [0.2, 0.25) is 0 Å². The smallest absolute Gasteiger partial charge is 0.478 e. The number of allylic oxidation sites excluding steroid dienone is 4. The van der Waals surface area contributed by atoms with Crippen LogP contribution in [0.5, 0.6) is 0 Å². The van der Waals surface area contributed by atoms with Gasteiger partial charge in [-0.1, -0.05) is 50.0 Å². The van der Waals surface area contributed by atoms with Crippen molar-refractivity contribution in [2.24, 2.45) is 5.92 Å². The molecule has 1 aromatic rings. The van der Waals surface area contributed by atoms with Crippen LogP contribution in [0.15, 0.2) is 52.6 Å². The number of rotatable bonds is 1. The number of hydrogen-bond acceptors (Lipinski definition) is 1. The summed E-state index contributed by atoms with van der Waals surface area (Å²) in [6.45, 7) is 2.42. The third-order valence-corrected chi connectivity index (χ3v) is 5.23. The molecule has 0 heterocycles. The Kier molecular flexibility index (Phi) is 10.9. The van der Waals surface area contributed by atoms with Crippen molar-refractivity contribution >= 4 is 5.97 Å². The molecule has 2 nitrogen and oxygen atoms in total. The molecule has 1 unspecified atom stereocenters. The van der Waals surface area contributed by atoms with Crippen molar-refractivity contribution in [1.82, 2.24) is 0 Å². The van der Waals surface area contributed by atoms with Crippen molar-refractivity contribution in [1.29, 1.82) is 0 Å². The fourth-order valence-electron chi connectivity index (χ4n) is 4.09. The maximum absolute atomic E-state index is 10.2. The Morgan fingerprint density at radius 1 is 1.00 bits per heavy atom. The minimum atomic E-state index is -0.879. The standard InChI is InChI=1S/C14H19.C7H6O2.2CH3.Ti/c1-10-11-6-2-4-8-13(11)14-9-5-3-7-12(10)14;8-7(9)6-4-2-1-3-5-6;;;/h6,10H,2-5,7-9H2,1H3;1-5H,(H,8,9);2*1H3;/q-1;;2*-1;+3. The maximum atomic E-state index is 10.2. The second-order valence-corrected chi connectivity index (χ2v) is 6.63. The van der Waals surface area contributed by atoms with Crippen LogP contribution < -0.4 is 0 Å². The molecule has 3 aliphatic rings. The topological polar surface area (TPSA) is 37.3 Å². The number of fused-ring (bicyclic) bond motifs is 1. The summed E-state index contributed by atoms with van der Waals surface area (Å²) in [6, 6.07) is 8.30. The predicted molar refractivity (Wildman–Crippen MR) is 106 cm³/mol. The van der Waals surface area contributed by atoms with E-state index in [-0.39, 0.29) is 36.6 Å². The Bertz CT molecular complexity index is 611. The van der Waals surface area contributed by atoms with E-state index in [4.69, 9.17) is 5.11 Å². The number of benzene rings is 1. The Labute approximate surface area is 174 Å². The van der Waals surface area contributed by atoms with E-state index in [0.717, 1.165) is 5.92 Å². The largest absolute Gasteiger partial charge is 3.00 e. The molecule has 3 heteroatoms. The van der Waals surface area contributed by atoms with Gasteiger partial charge in [-0.2, -0.15) is 5.57 Å². The molecule has 4 rings (SSSR count). The van der Waals surface area contributed by atoms with Gasteiger partial charge in [-0.3, -0.25) is 0 Å². The molecule has 1 atom stereocenters. The first-order valence-corrected chi connectivity index (χ1v) is 8.75. The van der Waals surface area contributed by atoms with Crippen molar-refractivity contribution in [3.63, 3.8) is 0 Å². The van der Waals surface area contributed by atoms with Gasteiger partial charge in [-0.25, -0.2) is 16.8 Å². The zero-order valence-corrected chi connectivity index (χ0v) is 17.9. The Morgan fingerprint density at radius 2 is 1.62 bits per heavy atom. The van der Waals surface area contributed by atoms with E-state index in [9.17, 15) is 4.79 Å². The molecule has 3 aliphatic carbocycles. The number of hydrogen-bond donors (Lipinski definition) is 1. The first-order chi connectivity index (χ1) is 11.2. The fourth-order valence-corrected chi connectivity index (χ4v) is 4.09. The van der Waals surface area contributed by atoms with Gasteiger partial charge in [0.25, 0.3) is 0 Å². The van der Waals surface area contributed by atoms with E-state index in [1.165, 1.54) is 44.9 Å². The minimum absolute atomic E-state index is 0. The van der Waals surface area contributed by atoms with Crippen LogP contribution >= 0.6 is 0 Å². The molecule has 139 valence electrons. The molecule has 0 aromatic heterocycles. The van der Waals surface area contributed by atoms with Crippen molar-refractivity contribution in [3.8, 4) is 0 Å². The van der Waals surface area contributed by atoms with Crippen molar-refractivity contribution in [2.45, 2.75) is 51.9 Å². The summed E-state index contributed by atoms with van der Waals surface area (Å²) in [5.41, 5.74) is 7.40. The van der Waals surface area contributed by atoms with Crippen LogP contribution in [0.1, 0.15) is 62.2 Å². The molecule has 0 bridgehead atoms. The second-order valence-electron chi connectivity index (χ2n) is 6.63. The normalized spacial score (nSPS) is 20.0. The summed E-state index contributed by atoms with van der Waals surface area (Å²) in [5.74, 6) is -0.101. The molecule has 1 radical (unpaired) electrons. The van der Waals surface area contributed by atoms with Gasteiger partial charge in [0.05, 0.1) is 5.56 Å². The summed E-state index contributed by atoms with van der Waals surface area (Å²) >= 11 is 0. The van der Waals surface area contributed by atoms with Crippen LogP contribution in [0.25, 0.3) is 0 Å². The van der Waals surface area contributed by atoms with Crippen molar-refractivity contribution < 1.29 is 31.6 Å². The predicted octanol–water partition coefficient (Wildman–Crippen LogP) is 6.47. The summed E-state index contributed by atoms with van der Waals surface area (Å²) in [7, 11) is 0. The summed E-state index contributed by atoms with van der Waals surface area (Å²) in [5, 5.41) is 8.38. The summed E-state index contributed by atoms with van der Waals surface area (Å²) < 4.78 is 0. The fraction of sp³-hybridized carbons (Fsp3) is 0.391. The van der Waals surface area contributed by atoms with Crippen LogP contribution in [0.3, 0.4) is 0 Å². The Balaban J connectivity index is 0.000000466. The Morgan fingerprint density at radius 3 is 2.23 bits per heavy atom. The SMILES string of the molecule is CC1C2=C(CCC[CH-]2)C2=C1CCCC2.O=C(O)c1ccccc1.[CH3-].[CH3-].[Ti+3]. The van der Waals surface area contributed by atoms with E-state index in [0.29, 0.717) is 5.56 Å². The van der Waals surface area contributed by atoms with Crippen LogP contribution in [0.4, 0.5) is 0 Å². The van der Waals surface area contributed by atoms with E-state index < -0.39 is 5.97 Å². The molecule has 1 aromatic carbocycles. The zero-order valence-electron chi connectivity index (χ0n) is 16.3. The molecule has 26 heavy (non-hydrogen) atoms. The van der Waals surface area contributed by atoms with Crippen molar-refractivity contribution in [2.75, 3.05) is 0 Å².